The summed E-state index contributed by atoms with van der Waals surface area (Å²) in [7, 11) is 0. The Hall–Kier alpha value is -2.86. The van der Waals surface area contributed by atoms with Crippen LogP contribution in [0.3, 0.4) is 0 Å². The second kappa shape index (κ2) is 6.72. The Morgan fingerprint density at radius 3 is 2.29 bits per heavy atom. The highest BCUT2D eigenvalue weighted by Gasteiger charge is 2.30. The normalized spacial score (nSPS) is 16.5. The predicted molar refractivity (Wildman–Crippen MR) is 89.6 cm³/mol. The number of nitrogens with one attached hydrogen (secondary N) is 3. The summed E-state index contributed by atoms with van der Waals surface area (Å²) in [6.45, 7) is 0. The number of urea groups is 1. The molecular formula is C17H14ClN3O3. The molecule has 1 aliphatic heterocycles. The van der Waals surface area contributed by atoms with Gasteiger partial charge in [0.25, 0.3) is 5.91 Å². The molecule has 7 heteroatoms. The van der Waals surface area contributed by atoms with Crippen molar-refractivity contribution >= 4 is 35.1 Å². The standard InChI is InChI=1S/C17H14ClN3O3/c18-12-5-1-10(2-6-12)9-14(22)19-13-7-3-11(4-8-13)15-16(23)21-17(24)20-15/h1-8,15H,9H2,(H,19,22)(H2,20,21,23,24). The van der Waals surface area contributed by atoms with Gasteiger partial charge < -0.3 is 10.6 Å². The van der Waals surface area contributed by atoms with Crippen molar-refractivity contribution in [3.05, 3.63) is 64.7 Å². The molecule has 0 bridgehead atoms. The highest BCUT2D eigenvalue weighted by Crippen LogP contribution is 2.19. The maximum Gasteiger partial charge on any atom is 0.322 e. The molecule has 3 rings (SSSR count). The van der Waals surface area contributed by atoms with Gasteiger partial charge in [-0.05, 0) is 35.4 Å². The molecule has 1 fully saturated rings. The van der Waals surface area contributed by atoms with Crippen LogP contribution in [0.25, 0.3) is 0 Å². The minimum Gasteiger partial charge on any atom is -0.326 e. The van der Waals surface area contributed by atoms with Gasteiger partial charge in [0.2, 0.25) is 5.91 Å². The fraction of sp³-hybridized carbons (Fsp3) is 0.118. The lowest BCUT2D eigenvalue weighted by atomic mass is 10.1. The maximum atomic E-state index is 12.0. The Labute approximate surface area is 143 Å². The second-order valence-corrected chi connectivity index (χ2v) is 5.81. The molecule has 1 unspecified atom stereocenters. The van der Waals surface area contributed by atoms with Crippen LogP contribution in [0.15, 0.2) is 48.5 Å². The van der Waals surface area contributed by atoms with Crippen molar-refractivity contribution in [2.45, 2.75) is 12.5 Å². The molecule has 0 spiro atoms. The van der Waals surface area contributed by atoms with E-state index >= 15 is 0 Å². The van der Waals surface area contributed by atoms with Crippen LogP contribution < -0.4 is 16.0 Å². The fourth-order valence-electron chi connectivity index (χ4n) is 2.40. The molecule has 6 nitrogen and oxygen atoms in total. The van der Waals surface area contributed by atoms with Crippen LogP contribution in [0.2, 0.25) is 5.02 Å². The van der Waals surface area contributed by atoms with Gasteiger partial charge in [-0.1, -0.05) is 35.9 Å². The first-order valence-electron chi connectivity index (χ1n) is 7.27. The van der Waals surface area contributed by atoms with E-state index in [0.717, 1.165) is 5.56 Å². The van der Waals surface area contributed by atoms with Crippen LogP contribution in [-0.4, -0.2) is 17.8 Å². The number of amides is 4. The van der Waals surface area contributed by atoms with Gasteiger partial charge in [0.1, 0.15) is 6.04 Å². The Balaban J connectivity index is 1.61. The van der Waals surface area contributed by atoms with E-state index in [1.54, 1.807) is 48.5 Å². The molecule has 1 saturated heterocycles. The first-order chi connectivity index (χ1) is 11.5. The van der Waals surface area contributed by atoms with E-state index in [-0.39, 0.29) is 18.2 Å². The number of hydrogen-bond acceptors (Lipinski definition) is 3. The maximum absolute atomic E-state index is 12.0. The largest absolute Gasteiger partial charge is 0.326 e. The predicted octanol–water partition coefficient (Wildman–Crippen LogP) is 2.40. The Kier molecular flexibility index (Phi) is 4.48. The van der Waals surface area contributed by atoms with Crippen LogP contribution in [0, 0.1) is 0 Å². The zero-order valence-electron chi connectivity index (χ0n) is 12.5. The minimum atomic E-state index is -0.698. The van der Waals surface area contributed by atoms with Gasteiger partial charge in [0, 0.05) is 10.7 Å². The zero-order valence-corrected chi connectivity index (χ0v) is 13.3. The van der Waals surface area contributed by atoms with E-state index in [1.165, 1.54) is 0 Å². The lowest BCUT2D eigenvalue weighted by Crippen LogP contribution is -2.22. The van der Waals surface area contributed by atoms with Crippen LogP contribution in [-0.2, 0) is 16.0 Å². The van der Waals surface area contributed by atoms with Crippen LogP contribution in [0.4, 0.5) is 10.5 Å². The van der Waals surface area contributed by atoms with Crippen molar-refractivity contribution < 1.29 is 14.4 Å². The molecule has 4 amide bonds. The molecule has 1 heterocycles. The summed E-state index contributed by atoms with van der Waals surface area (Å²) >= 11 is 5.81. The van der Waals surface area contributed by atoms with E-state index in [0.29, 0.717) is 16.3 Å². The van der Waals surface area contributed by atoms with Crippen molar-refractivity contribution in [1.82, 2.24) is 10.6 Å². The summed E-state index contributed by atoms with van der Waals surface area (Å²) in [6.07, 6.45) is 0.236. The van der Waals surface area contributed by atoms with Gasteiger partial charge >= 0.3 is 6.03 Å². The topological polar surface area (TPSA) is 87.3 Å². The quantitative estimate of drug-likeness (QED) is 0.745. The van der Waals surface area contributed by atoms with Gasteiger partial charge in [-0.25, -0.2) is 4.79 Å². The second-order valence-electron chi connectivity index (χ2n) is 5.37. The monoisotopic (exact) mass is 343 g/mol. The SMILES string of the molecule is O=C(Cc1ccc(Cl)cc1)Nc1ccc(C2NC(=O)NC2=O)cc1. The summed E-state index contributed by atoms with van der Waals surface area (Å²) < 4.78 is 0. The Morgan fingerprint density at radius 1 is 1.04 bits per heavy atom. The highest BCUT2D eigenvalue weighted by molar-refractivity contribution is 6.30. The molecule has 0 aliphatic carbocycles. The number of hydrogen-bond donors (Lipinski definition) is 3. The third-order valence-corrected chi connectivity index (χ3v) is 3.83. The van der Waals surface area contributed by atoms with Crippen molar-refractivity contribution in [2.24, 2.45) is 0 Å². The number of imide groups is 1. The van der Waals surface area contributed by atoms with E-state index in [1.807, 2.05) is 0 Å². The molecule has 0 radical (unpaired) electrons. The molecule has 1 atom stereocenters. The summed E-state index contributed by atoms with van der Waals surface area (Å²) in [5, 5.41) is 8.10. The summed E-state index contributed by atoms with van der Waals surface area (Å²) in [6, 6.07) is 12.6. The molecule has 3 N–H and O–H groups in total. The first kappa shape index (κ1) is 16.0. The number of anilines is 1. The third kappa shape index (κ3) is 3.72. The summed E-state index contributed by atoms with van der Waals surface area (Å²) in [5.74, 6) is -0.545. The third-order valence-electron chi connectivity index (χ3n) is 3.58. The van der Waals surface area contributed by atoms with Gasteiger partial charge in [-0.2, -0.15) is 0 Å². The minimum absolute atomic E-state index is 0.156. The van der Waals surface area contributed by atoms with E-state index in [9.17, 15) is 14.4 Å². The molecule has 24 heavy (non-hydrogen) atoms. The molecule has 0 saturated carbocycles. The molecular weight excluding hydrogens is 330 g/mol. The zero-order chi connectivity index (χ0) is 17.1. The van der Waals surface area contributed by atoms with Crippen molar-refractivity contribution in [2.75, 3.05) is 5.32 Å². The van der Waals surface area contributed by atoms with Crippen LogP contribution in [0.5, 0.6) is 0 Å². The highest BCUT2D eigenvalue weighted by atomic mass is 35.5. The van der Waals surface area contributed by atoms with E-state index < -0.39 is 12.1 Å². The van der Waals surface area contributed by atoms with Gasteiger partial charge in [0.15, 0.2) is 0 Å². The van der Waals surface area contributed by atoms with E-state index in [2.05, 4.69) is 16.0 Å². The number of rotatable bonds is 4. The fourth-order valence-corrected chi connectivity index (χ4v) is 2.53. The summed E-state index contributed by atoms with van der Waals surface area (Å²) in [5.41, 5.74) is 2.12. The lowest BCUT2D eigenvalue weighted by Gasteiger charge is -2.10. The van der Waals surface area contributed by atoms with Crippen LogP contribution >= 0.6 is 11.6 Å². The molecule has 1 aliphatic rings. The number of halogens is 1. The Morgan fingerprint density at radius 2 is 1.71 bits per heavy atom. The lowest BCUT2D eigenvalue weighted by molar-refractivity contribution is -0.120. The van der Waals surface area contributed by atoms with Crippen molar-refractivity contribution in [3.8, 4) is 0 Å². The number of carbonyl (C=O) groups excluding carboxylic acids is 3. The van der Waals surface area contributed by atoms with Gasteiger partial charge in [-0.15, -0.1) is 0 Å². The average Bonchev–Trinajstić information content (AvgIpc) is 2.89. The van der Waals surface area contributed by atoms with Gasteiger partial charge in [-0.3, -0.25) is 14.9 Å². The van der Waals surface area contributed by atoms with Gasteiger partial charge in [0.05, 0.1) is 6.42 Å². The first-order valence-corrected chi connectivity index (χ1v) is 7.65. The number of carbonyl (C=O) groups is 3. The number of benzene rings is 2. The van der Waals surface area contributed by atoms with Crippen molar-refractivity contribution in [3.63, 3.8) is 0 Å². The summed E-state index contributed by atoms with van der Waals surface area (Å²) in [4.78, 5) is 34.8. The van der Waals surface area contributed by atoms with Crippen molar-refractivity contribution in [1.29, 1.82) is 0 Å². The smallest absolute Gasteiger partial charge is 0.322 e. The average molecular weight is 344 g/mol. The molecule has 0 aromatic heterocycles. The molecule has 2 aromatic rings. The molecule has 2 aromatic carbocycles. The van der Waals surface area contributed by atoms with Crippen LogP contribution in [0.1, 0.15) is 17.2 Å². The molecule has 122 valence electrons. The van der Waals surface area contributed by atoms with E-state index in [4.69, 9.17) is 11.6 Å². The Bertz CT molecular complexity index is 788.